The van der Waals surface area contributed by atoms with Crippen LogP contribution < -0.4 is 0 Å². The van der Waals surface area contributed by atoms with E-state index in [4.69, 9.17) is 5.11 Å². The molecule has 1 fully saturated rings. The molecule has 102 valence electrons. The third-order valence-corrected chi connectivity index (χ3v) is 2.54. The summed E-state index contributed by atoms with van der Waals surface area (Å²) in [6, 6.07) is 0. The SMILES string of the molecule is CCOC(C)=O.O.O=C(O)CC1CCCCC1. The maximum absolute atomic E-state index is 10.3. The second-order valence-corrected chi connectivity index (χ2v) is 4.03. The summed E-state index contributed by atoms with van der Waals surface area (Å²) < 4.78 is 4.40. The molecule has 17 heavy (non-hydrogen) atoms. The van der Waals surface area contributed by atoms with Crippen LogP contribution in [-0.2, 0) is 14.3 Å². The minimum Gasteiger partial charge on any atom is -0.481 e. The summed E-state index contributed by atoms with van der Waals surface area (Å²) in [5.74, 6) is -0.365. The Balaban J connectivity index is 0. The minimum absolute atomic E-state index is 0. The molecule has 1 saturated carbocycles. The molecule has 0 spiro atoms. The monoisotopic (exact) mass is 248 g/mol. The Hall–Kier alpha value is -1.10. The summed E-state index contributed by atoms with van der Waals surface area (Å²) in [5.41, 5.74) is 0. The first-order valence-corrected chi connectivity index (χ1v) is 5.91. The molecule has 0 saturated heterocycles. The predicted octanol–water partition coefficient (Wildman–Crippen LogP) is 1.79. The molecule has 3 N–H and O–H groups in total. The topological polar surface area (TPSA) is 95.1 Å². The van der Waals surface area contributed by atoms with Crippen molar-refractivity contribution in [2.24, 2.45) is 5.92 Å². The maximum Gasteiger partial charge on any atom is 0.303 e. The second kappa shape index (κ2) is 11.4. The molecule has 1 rings (SSSR count). The van der Waals surface area contributed by atoms with Crippen molar-refractivity contribution in [3.63, 3.8) is 0 Å². The normalized spacial score (nSPS) is 14.9. The van der Waals surface area contributed by atoms with Gasteiger partial charge in [-0.2, -0.15) is 0 Å². The lowest BCUT2D eigenvalue weighted by Crippen LogP contribution is -2.10. The summed E-state index contributed by atoms with van der Waals surface area (Å²) in [4.78, 5) is 20.1. The third kappa shape index (κ3) is 12.8. The molecule has 0 aromatic heterocycles. The largest absolute Gasteiger partial charge is 0.481 e. The number of aliphatic carboxylic acids is 1. The number of carboxylic acid groups (broad SMARTS) is 1. The van der Waals surface area contributed by atoms with Crippen LogP contribution >= 0.6 is 0 Å². The van der Waals surface area contributed by atoms with Crippen molar-refractivity contribution in [1.29, 1.82) is 0 Å². The molecule has 1 aliphatic carbocycles. The highest BCUT2D eigenvalue weighted by Crippen LogP contribution is 2.25. The highest BCUT2D eigenvalue weighted by atomic mass is 16.5. The van der Waals surface area contributed by atoms with Gasteiger partial charge < -0.3 is 15.3 Å². The fraction of sp³-hybridized carbons (Fsp3) is 0.833. The molecule has 0 radical (unpaired) electrons. The van der Waals surface area contributed by atoms with Gasteiger partial charge in [-0.3, -0.25) is 9.59 Å². The van der Waals surface area contributed by atoms with E-state index >= 15 is 0 Å². The summed E-state index contributed by atoms with van der Waals surface area (Å²) >= 11 is 0. The molecule has 0 aromatic rings. The van der Waals surface area contributed by atoms with Gasteiger partial charge in [0.25, 0.3) is 0 Å². The first-order chi connectivity index (χ1) is 7.56. The first kappa shape index (κ1) is 18.3. The molecule has 0 aliphatic heterocycles. The fourth-order valence-corrected chi connectivity index (χ4v) is 1.84. The van der Waals surface area contributed by atoms with Gasteiger partial charge in [0.1, 0.15) is 0 Å². The van der Waals surface area contributed by atoms with Gasteiger partial charge in [0.05, 0.1) is 6.61 Å². The van der Waals surface area contributed by atoms with Crippen molar-refractivity contribution in [2.45, 2.75) is 52.4 Å². The van der Waals surface area contributed by atoms with Crippen LogP contribution in [0.4, 0.5) is 0 Å². The van der Waals surface area contributed by atoms with Gasteiger partial charge in [0.2, 0.25) is 0 Å². The van der Waals surface area contributed by atoms with E-state index in [0.29, 0.717) is 18.9 Å². The Kier molecular flexibility index (Phi) is 12.2. The Morgan fingerprint density at radius 1 is 1.24 bits per heavy atom. The van der Waals surface area contributed by atoms with Gasteiger partial charge in [0.15, 0.2) is 0 Å². The highest BCUT2D eigenvalue weighted by molar-refractivity contribution is 5.67. The van der Waals surface area contributed by atoms with E-state index in [1.165, 1.54) is 26.2 Å². The summed E-state index contributed by atoms with van der Waals surface area (Å²) in [6.07, 6.45) is 6.42. The van der Waals surface area contributed by atoms with E-state index in [0.717, 1.165) is 12.8 Å². The Bertz CT molecular complexity index is 209. The van der Waals surface area contributed by atoms with E-state index in [1.54, 1.807) is 6.92 Å². The van der Waals surface area contributed by atoms with Crippen molar-refractivity contribution < 1.29 is 24.9 Å². The van der Waals surface area contributed by atoms with Crippen LogP contribution in [0, 0.1) is 5.92 Å². The first-order valence-electron chi connectivity index (χ1n) is 5.91. The molecule has 0 unspecified atom stereocenters. The molecular formula is C12H24O5. The van der Waals surface area contributed by atoms with Gasteiger partial charge in [-0.25, -0.2) is 0 Å². The lowest BCUT2D eigenvalue weighted by molar-refractivity contribution is -0.140. The third-order valence-electron chi connectivity index (χ3n) is 2.54. The molecule has 0 heterocycles. The Morgan fingerprint density at radius 3 is 2.06 bits per heavy atom. The van der Waals surface area contributed by atoms with Gasteiger partial charge in [-0.15, -0.1) is 0 Å². The minimum atomic E-state index is -0.632. The average Bonchev–Trinajstić information content (AvgIpc) is 2.18. The van der Waals surface area contributed by atoms with Gasteiger partial charge in [-0.1, -0.05) is 19.3 Å². The number of hydrogen-bond donors (Lipinski definition) is 1. The van der Waals surface area contributed by atoms with E-state index in [-0.39, 0.29) is 11.4 Å². The van der Waals surface area contributed by atoms with Crippen LogP contribution in [0.25, 0.3) is 0 Å². The number of carbonyl (C=O) groups excluding carboxylic acids is 1. The average molecular weight is 248 g/mol. The zero-order valence-corrected chi connectivity index (χ0v) is 10.7. The Morgan fingerprint density at radius 2 is 1.76 bits per heavy atom. The smallest absolute Gasteiger partial charge is 0.303 e. The van der Waals surface area contributed by atoms with Gasteiger partial charge in [-0.05, 0) is 25.7 Å². The standard InChI is InChI=1S/C8H14O2.C4H8O2.H2O/c9-8(10)6-7-4-2-1-3-5-7;1-3-6-4(2)5;/h7H,1-6H2,(H,9,10);3H2,1-2H3;1H2. The lowest BCUT2D eigenvalue weighted by Gasteiger charge is -2.18. The van der Waals surface area contributed by atoms with Crippen LogP contribution in [0.15, 0.2) is 0 Å². The van der Waals surface area contributed by atoms with Crippen molar-refractivity contribution in [2.75, 3.05) is 6.61 Å². The number of hydrogen-bond acceptors (Lipinski definition) is 3. The van der Waals surface area contributed by atoms with E-state index in [9.17, 15) is 9.59 Å². The molecule has 5 heteroatoms. The molecular weight excluding hydrogens is 224 g/mol. The quantitative estimate of drug-likeness (QED) is 0.770. The van der Waals surface area contributed by atoms with E-state index < -0.39 is 5.97 Å². The van der Waals surface area contributed by atoms with Crippen molar-refractivity contribution >= 4 is 11.9 Å². The van der Waals surface area contributed by atoms with Crippen LogP contribution in [0.1, 0.15) is 52.4 Å². The maximum atomic E-state index is 10.3. The van der Waals surface area contributed by atoms with Gasteiger partial charge >= 0.3 is 11.9 Å². The zero-order valence-electron chi connectivity index (χ0n) is 10.7. The second-order valence-electron chi connectivity index (χ2n) is 4.03. The van der Waals surface area contributed by atoms with Gasteiger partial charge in [0, 0.05) is 13.3 Å². The van der Waals surface area contributed by atoms with Crippen molar-refractivity contribution in [1.82, 2.24) is 0 Å². The zero-order chi connectivity index (χ0) is 12.4. The molecule has 0 atom stereocenters. The highest BCUT2D eigenvalue weighted by Gasteiger charge is 2.15. The summed E-state index contributed by atoms with van der Waals surface area (Å²) in [5, 5.41) is 8.47. The molecule has 1 aliphatic rings. The van der Waals surface area contributed by atoms with Crippen LogP contribution in [0.3, 0.4) is 0 Å². The Labute approximate surface area is 102 Å². The number of esters is 1. The lowest BCUT2D eigenvalue weighted by atomic mass is 9.87. The number of carboxylic acids is 1. The van der Waals surface area contributed by atoms with Crippen LogP contribution in [0.5, 0.6) is 0 Å². The summed E-state index contributed by atoms with van der Waals surface area (Å²) in [6.45, 7) is 3.65. The molecule has 0 amide bonds. The van der Waals surface area contributed by atoms with Crippen LogP contribution in [-0.4, -0.2) is 29.1 Å². The van der Waals surface area contributed by atoms with Crippen molar-refractivity contribution in [3.05, 3.63) is 0 Å². The van der Waals surface area contributed by atoms with Crippen LogP contribution in [0.2, 0.25) is 0 Å². The predicted molar refractivity (Wildman–Crippen MR) is 64.7 cm³/mol. The van der Waals surface area contributed by atoms with E-state index in [1.807, 2.05) is 0 Å². The number of rotatable bonds is 3. The molecule has 0 aromatic carbocycles. The number of ether oxygens (including phenoxy) is 1. The van der Waals surface area contributed by atoms with E-state index in [2.05, 4.69) is 4.74 Å². The number of carbonyl (C=O) groups is 2. The molecule has 0 bridgehead atoms. The fourth-order valence-electron chi connectivity index (χ4n) is 1.84. The summed E-state index contributed by atoms with van der Waals surface area (Å²) in [7, 11) is 0. The molecule has 5 nitrogen and oxygen atoms in total. The van der Waals surface area contributed by atoms with Crippen molar-refractivity contribution in [3.8, 4) is 0 Å².